The summed E-state index contributed by atoms with van der Waals surface area (Å²) in [6.07, 6.45) is 6.99. The van der Waals surface area contributed by atoms with Crippen molar-refractivity contribution in [3.05, 3.63) is 21.8 Å². The van der Waals surface area contributed by atoms with Crippen molar-refractivity contribution in [2.24, 2.45) is 0 Å². The number of benzene rings is 1. The third-order valence-electron chi connectivity index (χ3n) is 3.32. The van der Waals surface area contributed by atoms with E-state index in [2.05, 4.69) is 27.9 Å². The smallest absolute Gasteiger partial charge is 0.0642 e. The van der Waals surface area contributed by atoms with Gasteiger partial charge in [0, 0.05) is 21.5 Å². The van der Waals surface area contributed by atoms with Gasteiger partial charge in [0.25, 0.3) is 0 Å². The molecule has 0 aliphatic heterocycles. The minimum atomic E-state index is 0.492. The van der Waals surface area contributed by atoms with Crippen LogP contribution in [0.3, 0.4) is 0 Å². The zero-order valence-electron chi connectivity index (χ0n) is 10.6. The van der Waals surface area contributed by atoms with Gasteiger partial charge in [0.2, 0.25) is 0 Å². The summed E-state index contributed by atoms with van der Waals surface area (Å²) in [7, 11) is 0. The van der Waals surface area contributed by atoms with Crippen molar-refractivity contribution >= 4 is 34.0 Å². The summed E-state index contributed by atoms with van der Waals surface area (Å²) in [5, 5.41) is 3.39. The largest absolute Gasteiger partial charge is 0.399 e. The Bertz CT molecular complexity index is 378. The van der Waals surface area contributed by atoms with Gasteiger partial charge < -0.3 is 15.8 Å². The molecule has 0 heterocycles. The van der Waals surface area contributed by atoms with Gasteiger partial charge >= 0.3 is 0 Å². The average Bonchev–Trinajstić information content (AvgIpc) is 2.38. The van der Waals surface area contributed by atoms with E-state index < -0.39 is 0 Å². The monoisotopic (exact) mass is 360 g/mol. The SMILES string of the molecule is Nc1ccc(NCCOC2CCCCC2)c(I)c1. The maximum Gasteiger partial charge on any atom is 0.0642 e. The molecule has 0 unspecified atom stereocenters. The first kappa shape index (κ1) is 13.9. The van der Waals surface area contributed by atoms with Crippen LogP contribution in [-0.2, 0) is 4.74 Å². The van der Waals surface area contributed by atoms with E-state index in [-0.39, 0.29) is 0 Å². The maximum absolute atomic E-state index is 5.88. The zero-order valence-corrected chi connectivity index (χ0v) is 12.8. The molecule has 1 fully saturated rings. The van der Waals surface area contributed by atoms with Crippen molar-refractivity contribution in [3.63, 3.8) is 0 Å². The number of nitrogen functional groups attached to an aromatic ring is 1. The van der Waals surface area contributed by atoms with Crippen LogP contribution < -0.4 is 11.1 Å². The fourth-order valence-electron chi connectivity index (χ4n) is 2.32. The molecule has 2 rings (SSSR count). The van der Waals surface area contributed by atoms with Crippen molar-refractivity contribution in [1.29, 1.82) is 0 Å². The first-order chi connectivity index (χ1) is 8.75. The first-order valence-corrected chi connectivity index (χ1v) is 7.74. The number of nitrogens with two attached hydrogens (primary N) is 1. The van der Waals surface area contributed by atoms with Crippen LogP contribution in [0.4, 0.5) is 11.4 Å². The average molecular weight is 360 g/mol. The molecule has 18 heavy (non-hydrogen) atoms. The lowest BCUT2D eigenvalue weighted by Crippen LogP contribution is -2.20. The van der Waals surface area contributed by atoms with Crippen LogP contribution in [0, 0.1) is 3.57 Å². The number of anilines is 2. The van der Waals surface area contributed by atoms with Crippen LogP contribution in [-0.4, -0.2) is 19.3 Å². The highest BCUT2D eigenvalue weighted by molar-refractivity contribution is 14.1. The van der Waals surface area contributed by atoms with Gasteiger partial charge in [-0.05, 0) is 53.6 Å². The molecule has 0 atom stereocenters. The van der Waals surface area contributed by atoms with E-state index in [1.165, 1.54) is 32.1 Å². The molecule has 1 aliphatic carbocycles. The molecular formula is C14H21IN2O. The van der Waals surface area contributed by atoms with Crippen molar-refractivity contribution < 1.29 is 4.74 Å². The molecule has 0 aromatic heterocycles. The van der Waals surface area contributed by atoms with Crippen LogP contribution in [0.25, 0.3) is 0 Å². The highest BCUT2D eigenvalue weighted by Crippen LogP contribution is 2.21. The predicted molar refractivity (Wildman–Crippen MR) is 84.9 cm³/mol. The lowest BCUT2D eigenvalue weighted by molar-refractivity contribution is 0.0347. The molecule has 3 N–H and O–H groups in total. The van der Waals surface area contributed by atoms with E-state index >= 15 is 0 Å². The summed E-state index contributed by atoms with van der Waals surface area (Å²) in [5.41, 5.74) is 7.67. The molecule has 0 saturated heterocycles. The van der Waals surface area contributed by atoms with Crippen molar-refractivity contribution in [1.82, 2.24) is 0 Å². The Labute approximate surface area is 123 Å². The number of halogens is 1. The Hall–Kier alpha value is -0.490. The second-order valence-electron chi connectivity index (χ2n) is 4.80. The van der Waals surface area contributed by atoms with E-state index in [1.54, 1.807) is 0 Å². The van der Waals surface area contributed by atoms with Gasteiger partial charge in [-0.2, -0.15) is 0 Å². The van der Waals surface area contributed by atoms with Crippen LogP contribution in [0.15, 0.2) is 18.2 Å². The molecular weight excluding hydrogens is 339 g/mol. The Kier molecular flexibility index (Phi) is 5.56. The number of hydrogen-bond donors (Lipinski definition) is 2. The Morgan fingerprint density at radius 1 is 1.28 bits per heavy atom. The zero-order chi connectivity index (χ0) is 12.8. The molecule has 1 aromatic rings. The minimum Gasteiger partial charge on any atom is -0.399 e. The summed E-state index contributed by atoms with van der Waals surface area (Å²) in [6, 6.07) is 5.93. The first-order valence-electron chi connectivity index (χ1n) is 6.66. The predicted octanol–water partition coefficient (Wildman–Crippen LogP) is 3.63. The number of hydrogen-bond acceptors (Lipinski definition) is 3. The van der Waals surface area contributed by atoms with Crippen molar-refractivity contribution in [2.45, 2.75) is 38.2 Å². The quantitative estimate of drug-likeness (QED) is 0.479. The van der Waals surface area contributed by atoms with Crippen molar-refractivity contribution in [2.75, 3.05) is 24.2 Å². The molecule has 1 saturated carbocycles. The lowest BCUT2D eigenvalue weighted by atomic mass is 9.98. The Morgan fingerprint density at radius 3 is 2.78 bits per heavy atom. The number of ether oxygens (including phenoxy) is 1. The second-order valence-corrected chi connectivity index (χ2v) is 5.96. The van der Waals surface area contributed by atoms with Gasteiger partial charge in [0.05, 0.1) is 12.7 Å². The fourth-order valence-corrected chi connectivity index (χ4v) is 3.05. The van der Waals surface area contributed by atoms with Gasteiger partial charge in [-0.15, -0.1) is 0 Å². The Morgan fingerprint density at radius 2 is 2.06 bits per heavy atom. The molecule has 0 spiro atoms. The van der Waals surface area contributed by atoms with E-state index in [9.17, 15) is 0 Å². The van der Waals surface area contributed by atoms with Gasteiger partial charge in [-0.25, -0.2) is 0 Å². The van der Waals surface area contributed by atoms with Gasteiger partial charge in [-0.1, -0.05) is 19.3 Å². The standard InChI is InChI=1S/C14H21IN2O/c15-13-10-11(16)6-7-14(13)17-8-9-18-12-4-2-1-3-5-12/h6-7,10,12,17H,1-5,8-9,16H2. The van der Waals surface area contributed by atoms with Gasteiger partial charge in [0.1, 0.15) is 0 Å². The van der Waals surface area contributed by atoms with E-state index in [0.29, 0.717) is 6.10 Å². The van der Waals surface area contributed by atoms with Crippen LogP contribution in [0.1, 0.15) is 32.1 Å². The summed E-state index contributed by atoms with van der Waals surface area (Å²) in [5.74, 6) is 0. The van der Waals surface area contributed by atoms with E-state index in [4.69, 9.17) is 10.5 Å². The normalized spacial score (nSPS) is 16.7. The van der Waals surface area contributed by atoms with Crippen molar-refractivity contribution in [3.8, 4) is 0 Å². The number of rotatable bonds is 5. The molecule has 100 valence electrons. The summed E-state index contributed by atoms with van der Waals surface area (Å²) < 4.78 is 7.04. The second kappa shape index (κ2) is 7.19. The molecule has 0 radical (unpaired) electrons. The minimum absolute atomic E-state index is 0.492. The van der Waals surface area contributed by atoms with E-state index in [1.807, 2.05) is 18.2 Å². The molecule has 0 amide bonds. The highest BCUT2D eigenvalue weighted by atomic mass is 127. The van der Waals surface area contributed by atoms with Crippen LogP contribution in [0.2, 0.25) is 0 Å². The molecule has 0 bridgehead atoms. The van der Waals surface area contributed by atoms with Crippen LogP contribution >= 0.6 is 22.6 Å². The number of nitrogens with one attached hydrogen (secondary N) is 1. The fraction of sp³-hybridized carbons (Fsp3) is 0.571. The Balaban J connectivity index is 1.68. The summed E-state index contributed by atoms with van der Waals surface area (Å²) in [6.45, 7) is 1.64. The van der Waals surface area contributed by atoms with Crippen LogP contribution in [0.5, 0.6) is 0 Å². The third kappa shape index (κ3) is 4.31. The topological polar surface area (TPSA) is 47.3 Å². The molecule has 1 aliphatic rings. The summed E-state index contributed by atoms with van der Waals surface area (Å²) in [4.78, 5) is 0. The molecule has 3 nitrogen and oxygen atoms in total. The molecule has 4 heteroatoms. The lowest BCUT2D eigenvalue weighted by Gasteiger charge is -2.22. The van der Waals surface area contributed by atoms with Gasteiger partial charge in [-0.3, -0.25) is 0 Å². The van der Waals surface area contributed by atoms with Gasteiger partial charge in [0.15, 0.2) is 0 Å². The summed E-state index contributed by atoms with van der Waals surface area (Å²) >= 11 is 2.30. The molecule has 1 aromatic carbocycles. The third-order valence-corrected chi connectivity index (χ3v) is 4.21. The van der Waals surface area contributed by atoms with E-state index in [0.717, 1.165) is 28.1 Å². The highest BCUT2D eigenvalue weighted by Gasteiger charge is 2.12. The maximum atomic E-state index is 5.88.